The second-order valence-corrected chi connectivity index (χ2v) is 5.48. The summed E-state index contributed by atoms with van der Waals surface area (Å²) in [5.74, 6) is 2.38. The van der Waals surface area contributed by atoms with Gasteiger partial charge in [0.1, 0.15) is 18.0 Å². The highest BCUT2D eigenvalue weighted by molar-refractivity contribution is 7.98. The van der Waals surface area contributed by atoms with E-state index >= 15 is 0 Å². The topological polar surface area (TPSA) is 87.4 Å². The molecule has 7 nitrogen and oxygen atoms in total. The molecule has 0 aliphatic heterocycles. The quantitative estimate of drug-likeness (QED) is 0.613. The molecular weight excluding hydrogens is 274 g/mol. The van der Waals surface area contributed by atoms with Crippen LogP contribution in [0.5, 0.6) is 0 Å². The molecule has 2 aromatic heterocycles. The molecule has 0 unspecified atom stereocenters. The number of aromatic nitrogens is 6. The highest BCUT2D eigenvalue weighted by Crippen LogP contribution is 2.22. The average Bonchev–Trinajstić information content (AvgIpc) is 3.03. The minimum Gasteiger partial charge on any atom is -0.324 e. The minimum absolute atomic E-state index is 0.339. The van der Waals surface area contributed by atoms with Crippen LogP contribution in [0, 0.1) is 0 Å². The molecule has 0 aliphatic rings. The van der Waals surface area contributed by atoms with Crippen molar-refractivity contribution < 1.29 is 0 Å². The van der Waals surface area contributed by atoms with Crippen molar-refractivity contribution >= 4 is 11.8 Å². The van der Waals surface area contributed by atoms with Gasteiger partial charge in [-0.05, 0) is 13.8 Å². The van der Waals surface area contributed by atoms with E-state index in [4.69, 9.17) is 5.73 Å². The van der Waals surface area contributed by atoms with Crippen molar-refractivity contribution in [3.05, 3.63) is 30.6 Å². The summed E-state index contributed by atoms with van der Waals surface area (Å²) in [6.07, 6.45) is 3.56. The molecule has 0 saturated heterocycles. The van der Waals surface area contributed by atoms with Crippen LogP contribution in [0.15, 0.2) is 24.1 Å². The minimum atomic E-state index is 0.339. The molecule has 2 N–H and O–H groups in total. The van der Waals surface area contributed by atoms with E-state index in [0.717, 1.165) is 16.8 Å². The third-order valence-electron chi connectivity index (χ3n) is 2.82. The Labute approximate surface area is 122 Å². The van der Waals surface area contributed by atoms with E-state index in [1.54, 1.807) is 18.1 Å². The molecule has 0 radical (unpaired) electrons. The van der Waals surface area contributed by atoms with E-state index in [1.807, 2.05) is 15.2 Å². The van der Waals surface area contributed by atoms with Gasteiger partial charge in [0.15, 0.2) is 5.16 Å². The first-order valence-electron chi connectivity index (χ1n) is 6.41. The van der Waals surface area contributed by atoms with Gasteiger partial charge in [-0.2, -0.15) is 0 Å². The lowest BCUT2D eigenvalue weighted by atomic mass is 10.4. The van der Waals surface area contributed by atoms with Crippen LogP contribution in [-0.2, 0) is 18.8 Å². The summed E-state index contributed by atoms with van der Waals surface area (Å²) in [6.45, 7) is 8.97. The zero-order valence-corrected chi connectivity index (χ0v) is 12.5. The van der Waals surface area contributed by atoms with Crippen LogP contribution in [0.25, 0.3) is 0 Å². The normalized spacial score (nSPS) is 11.2. The van der Waals surface area contributed by atoms with Crippen LogP contribution >= 0.6 is 11.8 Å². The summed E-state index contributed by atoms with van der Waals surface area (Å²) in [7, 11) is 0. The molecule has 2 aromatic rings. The molecule has 108 valence electrons. The molecule has 0 atom stereocenters. The summed E-state index contributed by atoms with van der Waals surface area (Å²) in [5, 5.41) is 17.2. The van der Waals surface area contributed by atoms with E-state index in [0.29, 0.717) is 24.9 Å². The molecule has 0 amide bonds. The molecule has 0 saturated carbocycles. The number of hydrogen-bond acceptors (Lipinski definition) is 6. The van der Waals surface area contributed by atoms with E-state index < -0.39 is 0 Å². The van der Waals surface area contributed by atoms with Crippen LogP contribution in [-0.4, -0.2) is 29.5 Å². The molecule has 2 heterocycles. The highest BCUT2D eigenvalue weighted by atomic mass is 32.2. The zero-order chi connectivity index (χ0) is 14.5. The number of thioether (sulfide) groups is 1. The average molecular weight is 293 g/mol. The Hall–Kier alpha value is -1.67. The van der Waals surface area contributed by atoms with Crippen LogP contribution < -0.4 is 5.73 Å². The Morgan fingerprint density at radius 3 is 2.80 bits per heavy atom. The molecule has 0 bridgehead atoms. The van der Waals surface area contributed by atoms with Gasteiger partial charge in [-0.25, -0.2) is 0 Å². The third kappa shape index (κ3) is 3.07. The third-order valence-corrected chi connectivity index (χ3v) is 3.78. The number of allylic oxidation sites excluding steroid dienone is 1. The summed E-state index contributed by atoms with van der Waals surface area (Å²) in [5.41, 5.74) is 5.66. The van der Waals surface area contributed by atoms with Crippen molar-refractivity contribution in [2.45, 2.75) is 43.9 Å². The molecule has 2 rings (SSSR count). The fourth-order valence-electron chi connectivity index (χ4n) is 1.82. The van der Waals surface area contributed by atoms with Crippen molar-refractivity contribution in [2.24, 2.45) is 5.73 Å². The van der Waals surface area contributed by atoms with E-state index in [1.165, 1.54) is 0 Å². The SMILES string of the molecule is C=CCn1c(CN)nnc1SCc1nncn1C(C)C. The second kappa shape index (κ2) is 6.67. The maximum absolute atomic E-state index is 5.66. The van der Waals surface area contributed by atoms with Crippen molar-refractivity contribution in [2.75, 3.05) is 0 Å². The van der Waals surface area contributed by atoms with Gasteiger partial charge in [0, 0.05) is 12.6 Å². The van der Waals surface area contributed by atoms with E-state index in [-0.39, 0.29) is 0 Å². The zero-order valence-electron chi connectivity index (χ0n) is 11.7. The fraction of sp³-hybridized carbons (Fsp3) is 0.500. The second-order valence-electron chi connectivity index (χ2n) is 4.54. The number of hydrogen-bond donors (Lipinski definition) is 1. The fourth-order valence-corrected chi connectivity index (χ4v) is 2.72. The molecule has 0 aliphatic carbocycles. The van der Waals surface area contributed by atoms with E-state index in [2.05, 4.69) is 40.8 Å². The largest absolute Gasteiger partial charge is 0.324 e. The van der Waals surface area contributed by atoms with Crippen molar-refractivity contribution in [3.8, 4) is 0 Å². The van der Waals surface area contributed by atoms with Gasteiger partial charge < -0.3 is 14.9 Å². The molecular formula is C12H19N7S. The standard InChI is InChI=1S/C12H19N7S/c1-4-5-18-10(6-13)16-17-12(18)20-7-11-15-14-8-19(11)9(2)3/h4,8-9H,1,5-7,13H2,2-3H3. The van der Waals surface area contributed by atoms with Crippen LogP contribution in [0.1, 0.15) is 31.5 Å². The monoisotopic (exact) mass is 293 g/mol. The van der Waals surface area contributed by atoms with Crippen molar-refractivity contribution in [1.82, 2.24) is 29.5 Å². The first kappa shape index (κ1) is 14.7. The van der Waals surface area contributed by atoms with E-state index in [9.17, 15) is 0 Å². The van der Waals surface area contributed by atoms with Gasteiger partial charge in [-0.15, -0.1) is 27.0 Å². The molecule has 0 fully saturated rings. The van der Waals surface area contributed by atoms with Crippen LogP contribution in [0.2, 0.25) is 0 Å². The number of nitrogens with two attached hydrogens (primary N) is 1. The summed E-state index contributed by atoms with van der Waals surface area (Å²) in [4.78, 5) is 0. The summed E-state index contributed by atoms with van der Waals surface area (Å²) >= 11 is 1.58. The predicted octanol–water partition coefficient (Wildman–Crippen LogP) is 1.39. The van der Waals surface area contributed by atoms with Crippen molar-refractivity contribution in [1.29, 1.82) is 0 Å². The van der Waals surface area contributed by atoms with Gasteiger partial charge in [0.05, 0.1) is 12.3 Å². The van der Waals surface area contributed by atoms with Gasteiger partial charge in [-0.1, -0.05) is 17.8 Å². The molecule has 0 spiro atoms. The van der Waals surface area contributed by atoms with Crippen molar-refractivity contribution in [3.63, 3.8) is 0 Å². The number of nitrogens with zero attached hydrogens (tertiary/aromatic N) is 6. The smallest absolute Gasteiger partial charge is 0.191 e. The Morgan fingerprint density at radius 1 is 1.35 bits per heavy atom. The predicted molar refractivity (Wildman–Crippen MR) is 78.1 cm³/mol. The Balaban J connectivity index is 2.12. The van der Waals surface area contributed by atoms with Gasteiger partial charge in [-0.3, -0.25) is 0 Å². The first-order valence-corrected chi connectivity index (χ1v) is 7.40. The number of rotatable bonds is 7. The maximum Gasteiger partial charge on any atom is 0.191 e. The van der Waals surface area contributed by atoms with Crippen LogP contribution in [0.3, 0.4) is 0 Å². The lowest BCUT2D eigenvalue weighted by Crippen LogP contribution is -2.09. The first-order chi connectivity index (χ1) is 9.67. The Kier molecular flexibility index (Phi) is 4.91. The molecule has 20 heavy (non-hydrogen) atoms. The maximum atomic E-state index is 5.66. The Bertz CT molecular complexity index is 572. The molecule has 8 heteroatoms. The molecule has 0 aromatic carbocycles. The highest BCUT2D eigenvalue weighted by Gasteiger charge is 2.13. The summed E-state index contributed by atoms with van der Waals surface area (Å²) in [6, 6.07) is 0.339. The Morgan fingerprint density at radius 2 is 2.15 bits per heavy atom. The van der Waals surface area contributed by atoms with Gasteiger partial charge in [0.2, 0.25) is 0 Å². The lowest BCUT2D eigenvalue weighted by molar-refractivity contribution is 0.579. The van der Waals surface area contributed by atoms with Crippen LogP contribution in [0.4, 0.5) is 0 Å². The summed E-state index contributed by atoms with van der Waals surface area (Å²) < 4.78 is 4.01. The van der Waals surface area contributed by atoms with Gasteiger partial charge in [0.25, 0.3) is 0 Å². The van der Waals surface area contributed by atoms with Gasteiger partial charge >= 0.3 is 0 Å². The lowest BCUT2D eigenvalue weighted by Gasteiger charge is -2.10.